The number of hydrogen-bond acceptors (Lipinski definition) is 5. The van der Waals surface area contributed by atoms with Crippen molar-refractivity contribution in [3.63, 3.8) is 0 Å². The summed E-state index contributed by atoms with van der Waals surface area (Å²) in [5.41, 5.74) is 1.20. The smallest absolute Gasteiger partial charge is 0.227 e. The first-order valence-electron chi connectivity index (χ1n) is 7.90. The fourth-order valence-electron chi connectivity index (χ4n) is 2.41. The van der Waals surface area contributed by atoms with Crippen LogP contribution in [0.4, 0.5) is 4.39 Å². The zero-order valence-corrected chi connectivity index (χ0v) is 13.6. The molecule has 1 unspecified atom stereocenters. The molecular weight excluding hydrogens is 323 g/mol. The number of rotatable bonds is 6. The van der Waals surface area contributed by atoms with Crippen molar-refractivity contribution in [2.45, 2.75) is 25.8 Å². The molecular formula is C18H17FN4O2. The summed E-state index contributed by atoms with van der Waals surface area (Å²) in [6, 6.07) is 9.56. The third kappa shape index (κ3) is 4.26. The first-order valence-corrected chi connectivity index (χ1v) is 7.90. The molecule has 0 aliphatic rings. The standard InChI is InChI=1S/C18H17FN4O2/c1-12(14-6-2-3-7-15(14)19)21-16(24)8-9-17-22-18(23-25-17)13-5-4-10-20-11-13/h2-7,10-12H,8-9H2,1H3,(H,21,24). The number of benzene rings is 1. The number of pyridine rings is 1. The van der Waals surface area contributed by atoms with Gasteiger partial charge in [-0.2, -0.15) is 4.98 Å². The van der Waals surface area contributed by atoms with Gasteiger partial charge in [-0.15, -0.1) is 0 Å². The summed E-state index contributed by atoms with van der Waals surface area (Å²) in [7, 11) is 0. The van der Waals surface area contributed by atoms with Crippen molar-refractivity contribution < 1.29 is 13.7 Å². The molecule has 0 radical (unpaired) electrons. The lowest BCUT2D eigenvalue weighted by atomic mass is 10.1. The first-order chi connectivity index (χ1) is 12.1. The van der Waals surface area contributed by atoms with Crippen molar-refractivity contribution in [1.29, 1.82) is 0 Å². The van der Waals surface area contributed by atoms with Crippen LogP contribution in [0, 0.1) is 5.82 Å². The van der Waals surface area contributed by atoms with E-state index in [1.54, 1.807) is 43.6 Å². The summed E-state index contributed by atoms with van der Waals surface area (Å²) in [4.78, 5) is 20.3. The topological polar surface area (TPSA) is 80.9 Å². The summed E-state index contributed by atoms with van der Waals surface area (Å²) in [5, 5.41) is 6.64. The molecule has 0 spiro atoms. The average molecular weight is 340 g/mol. The number of halogens is 1. The summed E-state index contributed by atoms with van der Waals surface area (Å²) in [6.07, 6.45) is 3.78. The molecule has 128 valence electrons. The van der Waals surface area contributed by atoms with E-state index >= 15 is 0 Å². The van der Waals surface area contributed by atoms with Crippen LogP contribution < -0.4 is 5.32 Å². The molecule has 6 nitrogen and oxygen atoms in total. The highest BCUT2D eigenvalue weighted by atomic mass is 19.1. The van der Waals surface area contributed by atoms with Crippen LogP contribution in [0.1, 0.15) is 30.8 Å². The van der Waals surface area contributed by atoms with Gasteiger partial charge in [0, 0.05) is 36.4 Å². The van der Waals surface area contributed by atoms with Gasteiger partial charge in [-0.25, -0.2) is 4.39 Å². The highest BCUT2D eigenvalue weighted by Gasteiger charge is 2.15. The molecule has 0 fully saturated rings. The molecule has 7 heteroatoms. The van der Waals surface area contributed by atoms with Crippen molar-refractivity contribution in [3.05, 3.63) is 66.1 Å². The van der Waals surface area contributed by atoms with E-state index in [-0.39, 0.29) is 18.1 Å². The Morgan fingerprint density at radius 1 is 1.28 bits per heavy atom. The van der Waals surface area contributed by atoms with Gasteiger partial charge in [-0.05, 0) is 25.1 Å². The van der Waals surface area contributed by atoms with E-state index in [0.717, 1.165) is 5.56 Å². The Hall–Kier alpha value is -3.09. The van der Waals surface area contributed by atoms with Gasteiger partial charge in [0.25, 0.3) is 0 Å². The normalized spacial score (nSPS) is 11.9. The number of aryl methyl sites for hydroxylation is 1. The average Bonchev–Trinajstić information content (AvgIpc) is 3.10. The third-order valence-corrected chi connectivity index (χ3v) is 3.70. The van der Waals surface area contributed by atoms with Crippen LogP contribution in [0.25, 0.3) is 11.4 Å². The second-order valence-electron chi connectivity index (χ2n) is 5.56. The molecule has 3 aromatic rings. The predicted molar refractivity (Wildman–Crippen MR) is 88.8 cm³/mol. The largest absolute Gasteiger partial charge is 0.349 e. The van der Waals surface area contributed by atoms with Crippen LogP contribution in [0.2, 0.25) is 0 Å². The second-order valence-corrected chi connectivity index (χ2v) is 5.56. The zero-order chi connectivity index (χ0) is 17.6. The van der Waals surface area contributed by atoms with Gasteiger partial charge >= 0.3 is 0 Å². The molecule has 2 heterocycles. The highest BCUT2D eigenvalue weighted by molar-refractivity contribution is 5.76. The van der Waals surface area contributed by atoms with Gasteiger partial charge in [-0.1, -0.05) is 23.4 Å². The SMILES string of the molecule is CC(NC(=O)CCc1nc(-c2cccnc2)no1)c1ccccc1F. The number of hydrogen-bond donors (Lipinski definition) is 1. The van der Waals surface area contributed by atoms with E-state index in [4.69, 9.17) is 4.52 Å². The molecule has 1 amide bonds. The first kappa shape index (κ1) is 16.8. The van der Waals surface area contributed by atoms with E-state index in [9.17, 15) is 9.18 Å². The van der Waals surface area contributed by atoms with Gasteiger partial charge in [0.15, 0.2) is 0 Å². The Morgan fingerprint density at radius 3 is 2.88 bits per heavy atom. The van der Waals surface area contributed by atoms with Crippen LogP contribution in [0.3, 0.4) is 0 Å². The molecule has 25 heavy (non-hydrogen) atoms. The van der Waals surface area contributed by atoms with E-state index in [1.807, 2.05) is 6.07 Å². The molecule has 3 rings (SSSR count). The Labute approximate surface area is 144 Å². The predicted octanol–water partition coefficient (Wildman–Crippen LogP) is 3.08. The van der Waals surface area contributed by atoms with Gasteiger partial charge in [0.2, 0.25) is 17.6 Å². The fourth-order valence-corrected chi connectivity index (χ4v) is 2.41. The summed E-state index contributed by atoms with van der Waals surface area (Å²) in [6.45, 7) is 1.74. The Morgan fingerprint density at radius 2 is 2.12 bits per heavy atom. The van der Waals surface area contributed by atoms with Crippen molar-refractivity contribution in [2.24, 2.45) is 0 Å². The molecule has 2 aromatic heterocycles. The highest BCUT2D eigenvalue weighted by Crippen LogP contribution is 2.17. The van der Waals surface area contributed by atoms with Gasteiger partial charge < -0.3 is 9.84 Å². The van der Waals surface area contributed by atoms with Crippen molar-refractivity contribution in [1.82, 2.24) is 20.4 Å². The molecule has 1 aromatic carbocycles. The minimum atomic E-state index is -0.415. The lowest BCUT2D eigenvalue weighted by Gasteiger charge is -2.14. The summed E-state index contributed by atoms with van der Waals surface area (Å²) >= 11 is 0. The number of carbonyl (C=O) groups is 1. The zero-order valence-electron chi connectivity index (χ0n) is 13.6. The van der Waals surface area contributed by atoms with Crippen LogP contribution in [0.15, 0.2) is 53.3 Å². The number of aromatic nitrogens is 3. The summed E-state index contributed by atoms with van der Waals surface area (Å²) in [5.74, 6) is 0.251. The molecule has 0 aliphatic carbocycles. The Kier molecular flexibility index (Phi) is 5.13. The lowest BCUT2D eigenvalue weighted by Crippen LogP contribution is -2.27. The monoisotopic (exact) mass is 340 g/mol. The molecule has 0 bridgehead atoms. The molecule has 0 saturated heterocycles. The summed E-state index contributed by atoms with van der Waals surface area (Å²) < 4.78 is 18.9. The molecule has 0 saturated carbocycles. The van der Waals surface area contributed by atoms with E-state index in [1.165, 1.54) is 6.07 Å². The minimum Gasteiger partial charge on any atom is -0.349 e. The maximum absolute atomic E-state index is 13.7. The Balaban J connectivity index is 1.54. The van der Waals surface area contributed by atoms with Gasteiger partial charge in [0.05, 0.1) is 6.04 Å². The van der Waals surface area contributed by atoms with Crippen molar-refractivity contribution >= 4 is 5.91 Å². The van der Waals surface area contributed by atoms with Crippen LogP contribution in [0.5, 0.6) is 0 Å². The lowest BCUT2D eigenvalue weighted by molar-refractivity contribution is -0.121. The second kappa shape index (κ2) is 7.65. The fraction of sp³-hybridized carbons (Fsp3) is 0.222. The maximum Gasteiger partial charge on any atom is 0.227 e. The maximum atomic E-state index is 13.7. The molecule has 1 N–H and O–H groups in total. The Bertz CT molecular complexity index is 851. The number of nitrogens with one attached hydrogen (secondary N) is 1. The van der Waals surface area contributed by atoms with Crippen LogP contribution in [-0.4, -0.2) is 21.0 Å². The van der Waals surface area contributed by atoms with E-state index in [0.29, 0.717) is 23.7 Å². The minimum absolute atomic E-state index is 0.174. The number of carbonyl (C=O) groups excluding carboxylic acids is 1. The van der Waals surface area contributed by atoms with Gasteiger partial charge in [0.1, 0.15) is 5.82 Å². The molecule has 1 atom stereocenters. The quantitative estimate of drug-likeness (QED) is 0.746. The van der Waals surface area contributed by atoms with Crippen molar-refractivity contribution in [3.8, 4) is 11.4 Å². The van der Waals surface area contributed by atoms with Gasteiger partial charge in [-0.3, -0.25) is 9.78 Å². The van der Waals surface area contributed by atoms with Crippen LogP contribution in [-0.2, 0) is 11.2 Å². The van der Waals surface area contributed by atoms with Crippen LogP contribution >= 0.6 is 0 Å². The van der Waals surface area contributed by atoms with E-state index < -0.39 is 6.04 Å². The number of amides is 1. The number of nitrogens with zero attached hydrogens (tertiary/aromatic N) is 3. The third-order valence-electron chi connectivity index (χ3n) is 3.70. The van der Waals surface area contributed by atoms with E-state index in [2.05, 4.69) is 20.4 Å². The molecule has 0 aliphatic heterocycles. The van der Waals surface area contributed by atoms with Crippen molar-refractivity contribution in [2.75, 3.05) is 0 Å².